The fourth-order valence-electron chi connectivity index (χ4n) is 1.10. The Hall–Kier alpha value is -1.05. The van der Waals surface area contributed by atoms with Gasteiger partial charge in [-0.3, -0.25) is 4.79 Å². The highest BCUT2D eigenvalue weighted by Gasteiger charge is 2.14. The van der Waals surface area contributed by atoms with Gasteiger partial charge in [-0.25, -0.2) is 0 Å². The van der Waals surface area contributed by atoms with Crippen LogP contribution in [0.5, 0.6) is 0 Å². The van der Waals surface area contributed by atoms with Gasteiger partial charge in [0.05, 0.1) is 19.1 Å². The molecule has 0 bridgehead atoms. The van der Waals surface area contributed by atoms with E-state index >= 15 is 0 Å². The van der Waals surface area contributed by atoms with Crippen molar-refractivity contribution in [2.24, 2.45) is 0 Å². The van der Waals surface area contributed by atoms with Crippen LogP contribution in [0.1, 0.15) is 11.1 Å². The molecule has 3 nitrogen and oxygen atoms in total. The molecule has 0 aliphatic rings. The van der Waals surface area contributed by atoms with Crippen LogP contribution >= 0.6 is 27.5 Å². The quantitative estimate of drug-likeness (QED) is 0.786. The van der Waals surface area contributed by atoms with E-state index in [1.165, 1.54) is 7.11 Å². The molecule has 0 radical (unpaired) electrons. The van der Waals surface area contributed by atoms with Gasteiger partial charge in [-0.15, -0.1) is 0 Å². The van der Waals surface area contributed by atoms with Crippen molar-refractivity contribution in [3.8, 4) is 6.07 Å². The number of esters is 1. The fourth-order valence-corrected chi connectivity index (χ4v) is 1.79. The maximum absolute atomic E-state index is 11.1. The Kier molecular flexibility index (Phi) is 4.13. The van der Waals surface area contributed by atoms with Crippen LogP contribution in [0.25, 0.3) is 0 Å². The summed E-state index contributed by atoms with van der Waals surface area (Å²) >= 11 is 9.12. The molecule has 1 rings (SSSR count). The molecule has 0 amide bonds. The van der Waals surface area contributed by atoms with Crippen molar-refractivity contribution in [3.63, 3.8) is 0 Å². The number of benzene rings is 1. The molecule has 78 valence electrons. The second-order valence-electron chi connectivity index (χ2n) is 2.75. The first kappa shape index (κ1) is 12.0. The van der Waals surface area contributed by atoms with Crippen LogP contribution in [-0.2, 0) is 16.0 Å². The van der Waals surface area contributed by atoms with Crippen LogP contribution in [0.2, 0.25) is 5.02 Å². The Morgan fingerprint density at radius 2 is 2.33 bits per heavy atom. The minimum atomic E-state index is -0.425. The van der Waals surface area contributed by atoms with Gasteiger partial charge in [-0.2, -0.15) is 5.26 Å². The second kappa shape index (κ2) is 5.15. The lowest BCUT2D eigenvalue weighted by Crippen LogP contribution is -2.07. The van der Waals surface area contributed by atoms with Crippen LogP contribution in [0.4, 0.5) is 0 Å². The molecule has 5 heteroatoms. The summed E-state index contributed by atoms with van der Waals surface area (Å²) in [6.45, 7) is 0. The second-order valence-corrected chi connectivity index (χ2v) is 4.01. The Morgan fingerprint density at radius 3 is 2.87 bits per heavy atom. The summed E-state index contributed by atoms with van der Waals surface area (Å²) in [5.41, 5.74) is 0.855. The molecule has 0 aromatic heterocycles. The highest BCUT2D eigenvalue weighted by molar-refractivity contribution is 9.10. The molecule has 0 saturated carbocycles. The summed E-state index contributed by atoms with van der Waals surface area (Å²) < 4.78 is 5.15. The van der Waals surface area contributed by atoms with Gasteiger partial charge in [0.15, 0.2) is 0 Å². The third-order valence-electron chi connectivity index (χ3n) is 1.87. The number of methoxy groups -OCH3 is 1. The fraction of sp³-hybridized carbons (Fsp3) is 0.200. The zero-order valence-electron chi connectivity index (χ0n) is 7.88. The minimum absolute atomic E-state index is 0.00231. The van der Waals surface area contributed by atoms with E-state index in [9.17, 15) is 4.79 Å². The van der Waals surface area contributed by atoms with Gasteiger partial charge in [0.1, 0.15) is 6.07 Å². The first-order chi connectivity index (χ1) is 7.10. The number of carbonyl (C=O) groups is 1. The van der Waals surface area contributed by atoms with Gasteiger partial charge in [-0.05, 0) is 28.1 Å². The lowest BCUT2D eigenvalue weighted by Gasteiger charge is -2.06. The molecular weight excluding hydrogens is 281 g/mol. The Labute approximate surface area is 101 Å². The topological polar surface area (TPSA) is 50.1 Å². The van der Waals surface area contributed by atoms with Crippen molar-refractivity contribution in [2.45, 2.75) is 6.42 Å². The van der Waals surface area contributed by atoms with Crippen LogP contribution in [0.15, 0.2) is 16.6 Å². The van der Waals surface area contributed by atoms with E-state index in [0.717, 1.165) is 0 Å². The first-order valence-electron chi connectivity index (χ1n) is 4.04. The molecule has 0 heterocycles. The van der Waals surface area contributed by atoms with Crippen molar-refractivity contribution >= 4 is 33.5 Å². The van der Waals surface area contributed by atoms with Crippen LogP contribution in [0, 0.1) is 11.3 Å². The number of rotatable bonds is 2. The van der Waals surface area contributed by atoms with Crippen molar-refractivity contribution in [3.05, 3.63) is 32.8 Å². The average molecular weight is 289 g/mol. The molecule has 0 N–H and O–H groups in total. The molecule has 1 aromatic rings. The monoisotopic (exact) mass is 287 g/mol. The number of ether oxygens (including phenoxy) is 1. The van der Waals surface area contributed by atoms with Crippen LogP contribution in [0.3, 0.4) is 0 Å². The molecule has 0 fully saturated rings. The standard InChI is InChI=1S/C10H7BrClNO2/c1-15-10(14)4-6-7(5-13)8(11)2-3-9(6)12/h2-3H,4H2,1H3. The number of nitriles is 1. The summed E-state index contributed by atoms with van der Waals surface area (Å²) in [6.07, 6.45) is -0.00231. The summed E-state index contributed by atoms with van der Waals surface area (Å²) in [7, 11) is 1.29. The zero-order valence-corrected chi connectivity index (χ0v) is 10.2. The lowest BCUT2D eigenvalue weighted by atomic mass is 10.1. The highest BCUT2D eigenvalue weighted by Crippen LogP contribution is 2.27. The third kappa shape index (κ3) is 2.71. The summed E-state index contributed by atoms with van der Waals surface area (Å²) in [6, 6.07) is 5.29. The maximum atomic E-state index is 11.1. The van der Waals surface area contributed by atoms with E-state index in [-0.39, 0.29) is 6.42 Å². The van der Waals surface area contributed by atoms with E-state index in [0.29, 0.717) is 20.6 Å². The van der Waals surface area contributed by atoms with E-state index in [1.807, 2.05) is 6.07 Å². The molecule has 1 aromatic carbocycles. The summed E-state index contributed by atoms with van der Waals surface area (Å²) in [4.78, 5) is 11.1. The van der Waals surface area contributed by atoms with Crippen molar-refractivity contribution in [2.75, 3.05) is 7.11 Å². The SMILES string of the molecule is COC(=O)Cc1c(Cl)ccc(Br)c1C#N. The summed E-state index contributed by atoms with van der Waals surface area (Å²) in [5, 5.41) is 9.31. The van der Waals surface area contributed by atoms with Crippen LogP contribution < -0.4 is 0 Å². The smallest absolute Gasteiger partial charge is 0.310 e. The molecule has 0 spiro atoms. The van der Waals surface area contributed by atoms with E-state index in [4.69, 9.17) is 16.9 Å². The average Bonchev–Trinajstić information content (AvgIpc) is 2.23. The molecule has 0 unspecified atom stereocenters. The highest BCUT2D eigenvalue weighted by atomic mass is 79.9. The molecule has 0 saturated heterocycles. The predicted molar refractivity (Wildman–Crippen MR) is 59.6 cm³/mol. The normalized spacial score (nSPS) is 9.47. The van der Waals surface area contributed by atoms with Gasteiger partial charge in [-0.1, -0.05) is 11.6 Å². The molecule has 0 atom stereocenters. The van der Waals surface area contributed by atoms with Gasteiger partial charge >= 0.3 is 5.97 Å². The van der Waals surface area contributed by atoms with E-state index < -0.39 is 5.97 Å². The van der Waals surface area contributed by atoms with E-state index in [1.54, 1.807) is 12.1 Å². The first-order valence-corrected chi connectivity index (χ1v) is 5.21. The number of hydrogen-bond acceptors (Lipinski definition) is 3. The minimum Gasteiger partial charge on any atom is -0.469 e. The number of halogens is 2. The predicted octanol–water partition coefficient (Wildman–Crippen LogP) is 2.69. The molecule has 0 aliphatic heterocycles. The maximum Gasteiger partial charge on any atom is 0.310 e. The molecular formula is C10H7BrClNO2. The van der Waals surface area contributed by atoms with Gasteiger partial charge in [0.25, 0.3) is 0 Å². The largest absolute Gasteiger partial charge is 0.469 e. The number of nitrogens with zero attached hydrogens (tertiary/aromatic N) is 1. The lowest BCUT2D eigenvalue weighted by molar-refractivity contribution is -0.139. The van der Waals surface area contributed by atoms with Crippen molar-refractivity contribution in [1.82, 2.24) is 0 Å². The molecule has 0 aliphatic carbocycles. The Balaban J connectivity index is 3.21. The van der Waals surface area contributed by atoms with Gasteiger partial charge < -0.3 is 4.74 Å². The summed E-state index contributed by atoms with van der Waals surface area (Å²) in [5.74, 6) is -0.425. The van der Waals surface area contributed by atoms with Crippen LogP contribution in [-0.4, -0.2) is 13.1 Å². The molecule has 15 heavy (non-hydrogen) atoms. The van der Waals surface area contributed by atoms with Gasteiger partial charge in [0, 0.05) is 15.1 Å². The Morgan fingerprint density at radius 1 is 1.67 bits per heavy atom. The third-order valence-corrected chi connectivity index (χ3v) is 2.88. The zero-order chi connectivity index (χ0) is 11.4. The number of carbonyl (C=O) groups excluding carboxylic acids is 1. The van der Waals surface area contributed by atoms with Crippen molar-refractivity contribution < 1.29 is 9.53 Å². The Bertz CT molecular complexity index is 440. The van der Waals surface area contributed by atoms with Crippen molar-refractivity contribution in [1.29, 1.82) is 5.26 Å². The van der Waals surface area contributed by atoms with E-state index in [2.05, 4.69) is 20.7 Å². The number of hydrogen-bond donors (Lipinski definition) is 0. The van der Waals surface area contributed by atoms with Gasteiger partial charge in [0.2, 0.25) is 0 Å².